The van der Waals surface area contributed by atoms with Crippen LogP contribution >= 0.6 is 0 Å². The highest BCUT2D eigenvalue weighted by molar-refractivity contribution is 5.94. The predicted molar refractivity (Wildman–Crippen MR) is 106 cm³/mol. The number of anilines is 2. The van der Waals surface area contributed by atoms with Crippen molar-refractivity contribution in [2.45, 2.75) is 19.6 Å². The lowest BCUT2D eigenvalue weighted by atomic mass is 10.1. The number of hydrogen-bond acceptors (Lipinski definition) is 6. The number of rotatable bonds is 8. The van der Waals surface area contributed by atoms with E-state index in [-0.39, 0.29) is 18.6 Å². The molecule has 0 unspecified atom stereocenters. The summed E-state index contributed by atoms with van der Waals surface area (Å²) in [6.07, 6.45) is 3.42. The molecule has 0 saturated carbocycles. The van der Waals surface area contributed by atoms with Crippen LogP contribution in [0.5, 0.6) is 0 Å². The lowest BCUT2D eigenvalue weighted by Gasteiger charge is -2.10. The molecule has 0 aliphatic heterocycles. The maximum atomic E-state index is 12.3. The monoisotopic (exact) mass is 381 g/mol. The summed E-state index contributed by atoms with van der Waals surface area (Å²) < 4.78 is 5.25. The number of benzene rings is 1. The fourth-order valence-electron chi connectivity index (χ4n) is 2.64. The Hall–Kier alpha value is -3.23. The van der Waals surface area contributed by atoms with Gasteiger partial charge in [0.05, 0.1) is 18.9 Å². The number of aromatic amines is 1. The van der Waals surface area contributed by atoms with Crippen LogP contribution in [0.3, 0.4) is 0 Å². The van der Waals surface area contributed by atoms with Crippen LogP contribution < -0.4 is 10.6 Å². The maximum Gasteiger partial charge on any atom is 0.268 e. The van der Waals surface area contributed by atoms with E-state index in [9.17, 15) is 4.79 Å². The first-order chi connectivity index (χ1) is 13.6. The molecule has 8 heteroatoms. The lowest BCUT2D eigenvalue weighted by molar-refractivity contribution is 0.0918. The average molecular weight is 381 g/mol. The zero-order valence-corrected chi connectivity index (χ0v) is 15.8. The molecule has 146 valence electrons. The van der Waals surface area contributed by atoms with Gasteiger partial charge in [0.2, 0.25) is 5.95 Å². The third-order valence-electron chi connectivity index (χ3n) is 4.05. The highest BCUT2D eigenvalue weighted by Gasteiger charge is 2.16. The van der Waals surface area contributed by atoms with E-state index in [1.807, 2.05) is 30.3 Å². The Balaban J connectivity index is 1.89. The zero-order valence-electron chi connectivity index (χ0n) is 15.8. The van der Waals surface area contributed by atoms with E-state index in [2.05, 4.69) is 25.6 Å². The summed E-state index contributed by atoms with van der Waals surface area (Å²) in [5, 5.41) is 15.0. The number of carbonyl (C=O) groups excluding carboxylic acids is 1. The van der Waals surface area contributed by atoms with Crippen LogP contribution in [0.4, 0.5) is 11.6 Å². The van der Waals surface area contributed by atoms with Crippen molar-refractivity contribution in [1.29, 1.82) is 0 Å². The van der Waals surface area contributed by atoms with Crippen LogP contribution in [-0.4, -0.2) is 45.7 Å². The van der Waals surface area contributed by atoms with Crippen LogP contribution in [0.1, 0.15) is 23.0 Å². The highest BCUT2D eigenvalue weighted by atomic mass is 16.5. The minimum absolute atomic E-state index is 0.127. The van der Waals surface area contributed by atoms with Gasteiger partial charge in [-0.05, 0) is 25.1 Å². The molecular weight excluding hydrogens is 358 g/mol. The van der Waals surface area contributed by atoms with E-state index in [0.717, 1.165) is 16.8 Å². The number of ether oxygens (including phenoxy) is 1. The number of aromatic nitrogens is 3. The van der Waals surface area contributed by atoms with E-state index < -0.39 is 0 Å². The molecule has 0 spiro atoms. The molecule has 4 N–H and O–H groups in total. The first-order valence-electron chi connectivity index (χ1n) is 8.88. The molecule has 0 saturated heterocycles. The summed E-state index contributed by atoms with van der Waals surface area (Å²) in [5.41, 5.74) is 3.47. The number of aliphatic hydroxyl groups excluding tert-OH is 1. The molecule has 0 radical (unpaired) electrons. The second-order valence-corrected chi connectivity index (χ2v) is 6.35. The Kier molecular flexibility index (Phi) is 6.36. The van der Waals surface area contributed by atoms with Crippen molar-refractivity contribution in [3.05, 3.63) is 60.0 Å². The number of para-hydroxylation sites is 1. The molecule has 3 rings (SSSR count). The molecule has 0 aliphatic carbocycles. The van der Waals surface area contributed by atoms with Gasteiger partial charge >= 0.3 is 0 Å². The minimum atomic E-state index is -0.330. The molecule has 28 heavy (non-hydrogen) atoms. The van der Waals surface area contributed by atoms with E-state index >= 15 is 0 Å². The van der Waals surface area contributed by atoms with Gasteiger partial charge in [0.25, 0.3) is 5.91 Å². The van der Waals surface area contributed by atoms with Gasteiger partial charge in [-0.15, -0.1) is 0 Å². The number of carbonyl (C=O) groups is 1. The summed E-state index contributed by atoms with van der Waals surface area (Å²) in [5.74, 6) is 0.153. The summed E-state index contributed by atoms with van der Waals surface area (Å²) in [4.78, 5) is 24.2. The second-order valence-electron chi connectivity index (χ2n) is 6.35. The normalized spacial score (nSPS) is 11.8. The maximum absolute atomic E-state index is 12.3. The molecule has 1 amide bonds. The quantitative estimate of drug-likeness (QED) is 0.477. The fourth-order valence-corrected chi connectivity index (χ4v) is 2.64. The van der Waals surface area contributed by atoms with Crippen molar-refractivity contribution < 1.29 is 14.6 Å². The number of aliphatic hydroxyl groups is 1. The molecule has 8 nitrogen and oxygen atoms in total. The number of amides is 1. The van der Waals surface area contributed by atoms with Gasteiger partial charge < -0.3 is 25.5 Å². The molecule has 3 aromatic rings. The summed E-state index contributed by atoms with van der Waals surface area (Å²) in [6, 6.07) is 11.0. The minimum Gasteiger partial charge on any atom is -0.394 e. The van der Waals surface area contributed by atoms with Crippen molar-refractivity contribution in [3.63, 3.8) is 0 Å². The Labute approximate surface area is 163 Å². The van der Waals surface area contributed by atoms with E-state index in [1.54, 1.807) is 32.5 Å². The summed E-state index contributed by atoms with van der Waals surface area (Å²) in [7, 11) is 1.60. The topological polar surface area (TPSA) is 112 Å². The number of H-pyrrole nitrogens is 1. The van der Waals surface area contributed by atoms with Crippen molar-refractivity contribution >= 4 is 17.5 Å². The summed E-state index contributed by atoms with van der Waals surface area (Å²) >= 11 is 0. The van der Waals surface area contributed by atoms with Crippen molar-refractivity contribution in [2.75, 3.05) is 19.0 Å². The molecule has 0 aliphatic rings. The van der Waals surface area contributed by atoms with Gasteiger partial charge in [0.1, 0.15) is 5.69 Å². The lowest BCUT2D eigenvalue weighted by Crippen LogP contribution is -2.35. The fraction of sp³-hybridized carbons (Fsp3) is 0.250. The Morgan fingerprint density at radius 3 is 2.82 bits per heavy atom. The Morgan fingerprint density at radius 2 is 2.11 bits per heavy atom. The van der Waals surface area contributed by atoms with Gasteiger partial charge in [-0.3, -0.25) is 4.79 Å². The van der Waals surface area contributed by atoms with Crippen LogP contribution in [0, 0.1) is 0 Å². The van der Waals surface area contributed by atoms with Gasteiger partial charge in [0.15, 0.2) is 0 Å². The Morgan fingerprint density at radius 1 is 1.32 bits per heavy atom. The third kappa shape index (κ3) is 4.73. The van der Waals surface area contributed by atoms with Crippen LogP contribution in [-0.2, 0) is 11.3 Å². The van der Waals surface area contributed by atoms with Gasteiger partial charge in [-0.1, -0.05) is 18.2 Å². The molecule has 2 heterocycles. The first-order valence-corrected chi connectivity index (χ1v) is 8.88. The van der Waals surface area contributed by atoms with E-state index in [4.69, 9.17) is 9.84 Å². The van der Waals surface area contributed by atoms with Gasteiger partial charge in [0, 0.05) is 42.4 Å². The average Bonchev–Trinajstić information content (AvgIpc) is 3.20. The predicted octanol–water partition coefficient (Wildman–Crippen LogP) is 2.47. The van der Waals surface area contributed by atoms with E-state index in [0.29, 0.717) is 23.9 Å². The first kappa shape index (κ1) is 19.5. The molecule has 1 aromatic carbocycles. The van der Waals surface area contributed by atoms with Crippen molar-refractivity contribution in [2.24, 2.45) is 0 Å². The molecule has 0 fully saturated rings. The highest BCUT2D eigenvalue weighted by Crippen LogP contribution is 2.25. The van der Waals surface area contributed by atoms with Gasteiger partial charge in [-0.2, -0.15) is 0 Å². The Bertz CT molecular complexity index is 927. The molecule has 2 aromatic heterocycles. The second kappa shape index (κ2) is 9.12. The number of nitrogens with zero attached hydrogens (tertiary/aromatic N) is 2. The zero-order chi connectivity index (χ0) is 19.9. The van der Waals surface area contributed by atoms with Crippen LogP contribution in [0.2, 0.25) is 0 Å². The number of hydrogen-bond donors (Lipinski definition) is 4. The summed E-state index contributed by atoms with van der Waals surface area (Å²) in [6.45, 7) is 1.94. The number of methoxy groups -OCH3 is 1. The van der Waals surface area contributed by atoms with E-state index in [1.165, 1.54) is 0 Å². The van der Waals surface area contributed by atoms with Crippen LogP contribution in [0.25, 0.3) is 11.3 Å². The standard InChI is InChI=1S/C20H23N5O3/c1-13(11-26)23-19(27)17-8-14(9-21-17)18-15(12-28-2)10-22-20(25-18)24-16-6-4-3-5-7-16/h3-10,13,21,26H,11-12H2,1-2H3,(H,23,27)(H,22,24,25)/t13-/m0/s1. The smallest absolute Gasteiger partial charge is 0.268 e. The van der Waals surface area contributed by atoms with Crippen molar-refractivity contribution in [3.8, 4) is 11.3 Å². The van der Waals surface area contributed by atoms with Crippen LogP contribution in [0.15, 0.2) is 48.8 Å². The molecular formula is C20H23N5O3. The largest absolute Gasteiger partial charge is 0.394 e. The third-order valence-corrected chi connectivity index (χ3v) is 4.05. The SMILES string of the molecule is COCc1cnc(Nc2ccccc2)nc1-c1c[nH]c(C(=O)N[C@@H](C)CO)c1. The number of nitrogens with one attached hydrogen (secondary N) is 3. The van der Waals surface area contributed by atoms with Gasteiger partial charge in [-0.25, -0.2) is 9.97 Å². The van der Waals surface area contributed by atoms with Crippen molar-refractivity contribution in [1.82, 2.24) is 20.3 Å². The molecule has 1 atom stereocenters. The molecule has 0 bridgehead atoms.